The van der Waals surface area contributed by atoms with Crippen LogP contribution in [-0.4, -0.2) is 34.5 Å². The lowest BCUT2D eigenvalue weighted by atomic mass is 10.1. The van der Waals surface area contributed by atoms with E-state index in [9.17, 15) is 14.4 Å². The van der Waals surface area contributed by atoms with Gasteiger partial charge in [0.15, 0.2) is 0 Å². The van der Waals surface area contributed by atoms with Gasteiger partial charge in [0.05, 0.1) is 5.39 Å². The van der Waals surface area contributed by atoms with Crippen LogP contribution in [0.1, 0.15) is 29.9 Å². The fraction of sp³-hybridized carbons (Fsp3) is 0.375. The van der Waals surface area contributed by atoms with Gasteiger partial charge in [0.2, 0.25) is 11.3 Å². The van der Waals surface area contributed by atoms with E-state index < -0.39 is 5.91 Å². The van der Waals surface area contributed by atoms with E-state index in [2.05, 4.69) is 15.6 Å². The van der Waals surface area contributed by atoms with E-state index in [1.54, 1.807) is 16.7 Å². The first-order valence-electron chi connectivity index (χ1n) is 7.47. The SMILES string of the molecule is CCn1cc(C(=O)NCCNC(C)=O)c(=O)c2ccc(C)nc21. The second-order valence-corrected chi connectivity index (χ2v) is 5.22. The van der Waals surface area contributed by atoms with E-state index in [-0.39, 0.29) is 23.4 Å². The summed E-state index contributed by atoms with van der Waals surface area (Å²) in [6.45, 7) is 6.35. The number of pyridine rings is 2. The van der Waals surface area contributed by atoms with Crippen molar-refractivity contribution in [3.63, 3.8) is 0 Å². The smallest absolute Gasteiger partial charge is 0.256 e. The molecule has 0 bridgehead atoms. The van der Waals surface area contributed by atoms with Gasteiger partial charge >= 0.3 is 0 Å². The molecule has 0 spiro atoms. The quantitative estimate of drug-likeness (QED) is 0.790. The van der Waals surface area contributed by atoms with E-state index in [0.29, 0.717) is 24.1 Å². The fourth-order valence-corrected chi connectivity index (χ4v) is 2.27. The van der Waals surface area contributed by atoms with Crippen molar-refractivity contribution in [1.82, 2.24) is 20.2 Å². The Morgan fingerprint density at radius 2 is 1.91 bits per heavy atom. The summed E-state index contributed by atoms with van der Waals surface area (Å²) in [7, 11) is 0. The first kappa shape index (κ1) is 16.7. The minimum atomic E-state index is -0.454. The van der Waals surface area contributed by atoms with Crippen molar-refractivity contribution in [3.05, 3.63) is 39.8 Å². The van der Waals surface area contributed by atoms with E-state index in [0.717, 1.165) is 5.69 Å². The Morgan fingerprint density at radius 3 is 2.57 bits per heavy atom. The van der Waals surface area contributed by atoms with Gasteiger partial charge in [-0.25, -0.2) is 4.98 Å². The van der Waals surface area contributed by atoms with Crippen LogP contribution in [-0.2, 0) is 11.3 Å². The van der Waals surface area contributed by atoms with Gasteiger partial charge in [-0.2, -0.15) is 0 Å². The van der Waals surface area contributed by atoms with Crippen LogP contribution < -0.4 is 16.1 Å². The van der Waals surface area contributed by atoms with Gasteiger partial charge < -0.3 is 15.2 Å². The van der Waals surface area contributed by atoms with E-state index in [1.807, 2.05) is 13.8 Å². The van der Waals surface area contributed by atoms with Gasteiger partial charge in [0, 0.05) is 38.4 Å². The molecule has 7 nitrogen and oxygen atoms in total. The highest BCUT2D eigenvalue weighted by atomic mass is 16.2. The average molecular weight is 316 g/mol. The molecule has 0 aliphatic heterocycles. The average Bonchev–Trinajstić information content (AvgIpc) is 2.51. The topological polar surface area (TPSA) is 93.1 Å². The highest BCUT2D eigenvalue weighted by Crippen LogP contribution is 2.10. The van der Waals surface area contributed by atoms with Crippen LogP contribution in [0.15, 0.2) is 23.1 Å². The molecule has 2 amide bonds. The summed E-state index contributed by atoms with van der Waals surface area (Å²) in [5.74, 6) is -0.621. The fourth-order valence-electron chi connectivity index (χ4n) is 2.27. The van der Waals surface area contributed by atoms with Crippen molar-refractivity contribution in [2.45, 2.75) is 27.3 Å². The number of nitrogens with zero attached hydrogens (tertiary/aromatic N) is 2. The molecule has 23 heavy (non-hydrogen) atoms. The van der Waals surface area contributed by atoms with Crippen LogP contribution in [0.4, 0.5) is 0 Å². The molecule has 2 aromatic heterocycles. The van der Waals surface area contributed by atoms with E-state index in [1.165, 1.54) is 13.1 Å². The third kappa shape index (κ3) is 3.74. The van der Waals surface area contributed by atoms with Crippen LogP contribution in [0.5, 0.6) is 0 Å². The van der Waals surface area contributed by atoms with Crippen molar-refractivity contribution in [2.75, 3.05) is 13.1 Å². The zero-order valence-corrected chi connectivity index (χ0v) is 13.5. The maximum Gasteiger partial charge on any atom is 0.256 e. The molecule has 0 atom stereocenters. The lowest BCUT2D eigenvalue weighted by Gasteiger charge is -2.11. The van der Waals surface area contributed by atoms with Crippen molar-refractivity contribution < 1.29 is 9.59 Å². The van der Waals surface area contributed by atoms with Gasteiger partial charge in [-0.3, -0.25) is 14.4 Å². The Hall–Kier alpha value is -2.70. The molecule has 0 saturated carbocycles. The maximum absolute atomic E-state index is 12.5. The molecule has 0 aliphatic carbocycles. The molecular formula is C16H20N4O3. The summed E-state index contributed by atoms with van der Waals surface area (Å²) in [5.41, 5.74) is 1.13. The van der Waals surface area contributed by atoms with Gasteiger partial charge in [0.25, 0.3) is 5.91 Å². The standard InChI is InChI=1S/C16H20N4O3/c1-4-20-9-13(16(23)18-8-7-17-11(3)21)14(22)12-6-5-10(2)19-15(12)20/h5-6,9H,4,7-8H2,1-3H3,(H,17,21)(H,18,23). The Labute approximate surface area is 133 Å². The monoisotopic (exact) mass is 316 g/mol. The minimum absolute atomic E-state index is 0.0767. The van der Waals surface area contributed by atoms with Gasteiger partial charge in [-0.1, -0.05) is 0 Å². The number of amides is 2. The van der Waals surface area contributed by atoms with Crippen LogP contribution in [0.2, 0.25) is 0 Å². The van der Waals surface area contributed by atoms with Gasteiger partial charge in [0.1, 0.15) is 11.2 Å². The Balaban J connectivity index is 2.32. The Bertz CT molecular complexity index is 811. The number of carbonyl (C=O) groups excluding carboxylic acids is 2. The van der Waals surface area contributed by atoms with Crippen molar-refractivity contribution in [3.8, 4) is 0 Å². The van der Waals surface area contributed by atoms with E-state index in [4.69, 9.17) is 0 Å². The van der Waals surface area contributed by atoms with E-state index >= 15 is 0 Å². The third-order valence-corrected chi connectivity index (χ3v) is 3.43. The van der Waals surface area contributed by atoms with Crippen LogP contribution in [0.25, 0.3) is 11.0 Å². The highest BCUT2D eigenvalue weighted by Gasteiger charge is 2.15. The lowest BCUT2D eigenvalue weighted by Crippen LogP contribution is -2.36. The summed E-state index contributed by atoms with van der Waals surface area (Å²) in [6.07, 6.45) is 1.53. The molecule has 2 N–H and O–H groups in total. The molecule has 0 aromatic carbocycles. The predicted molar refractivity (Wildman–Crippen MR) is 87.4 cm³/mol. The molecule has 0 unspecified atom stereocenters. The number of hydrogen-bond donors (Lipinski definition) is 2. The second-order valence-electron chi connectivity index (χ2n) is 5.22. The summed E-state index contributed by atoms with van der Waals surface area (Å²) in [4.78, 5) is 39.9. The number of carbonyl (C=O) groups is 2. The predicted octanol–water partition coefficient (Wildman–Crippen LogP) is 0.591. The minimum Gasteiger partial charge on any atom is -0.355 e. The Morgan fingerprint density at radius 1 is 1.22 bits per heavy atom. The number of hydrogen-bond acceptors (Lipinski definition) is 4. The molecule has 2 rings (SSSR count). The molecule has 2 aromatic rings. The number of nitrogens with one attached hydrogen (secondary N) is 2. The highest BCUT2D eigenvalue weighted by molar-refractivity contribution is 5.96. The first-order valence-corrected chi connectivity index (χ1v) is 7.47. The first-order chi connectivity index (χ1) is 10.9. The molecule has 0 radical (unpaired) electrons. The van der Waals surface area contributed by atoms with Gasteiger partial charge in [-0.15, -0.1) is 0 Å². The van der Waals surface area contributed by atoms with Crippen LogP contribution in [0.3, 0.4) is 0 Å². The molecule has 2 heterocycles. The second kappa shape index (κ2) is 7.04. The lowest BCUT2D eigenvalue weighted by molar-refractivity contribution is -0.118. The third-order valence-electron chi connectivity index (χ3n) is 3.43. The molecular weight excluding hydrogens is 296 g/mol. The summed E-state index contributed by atoms with van der Waals surface area (Å²) in [6, 6.07) is 3.45. The zero-order valence-electron chi connectivity index (χ0n) is 13.5. The zero-order chi connectivity index (χ0) is 17.0. The molecule has 0 aliphatic rings. The number of aromatic nitrogens is 2. The van der Waals surface area contributed by atoms with Crippen LogP contribution in [0, 0.1) is 6.92 Å². The van der Waals surface area contributed by atoms with Crippen molar-refractivity contribution >= 4 is 22.8 Å². The van der Waals surface area contributed by atoms with Crippen molar-refractivity contribution in [1.29, 1.82) is 0 Å². The summed E-state index contributed by atoms with van der Waals surface area (Å²) >= 11 is 0. The summed E-state index contributed by atoms with van der Waals surface area (Å²) in [5, 5.41) is 5.64. The Kier molecular flexibility index (Phi) is 5.10. The molecule has 0 saturated heterocycles. The molecule has 7 heteroatoms. The van der Waals surface area contributed by atoms with Crippen molar-refractivity contribution in [2.24, 2.45) is 0 Å². The number of fused-ring (bicyclic) bond motifs is 1. The van der Waals surface area contributed by atoms with Gasteiger partial charge in [-0.05, 0) is 26.0 Å². The summed E-state index contributed by atoms with van der Waals surface area (Å²) < 4.78 is 1.78. The largest absolute Gasteiger partial charge is 0.355 e. The number of aryl methyl sites for hydroxylation is 2. The number of rotatable bonds is 5. The molecule has 0 fully saturated rings. The normalized spacial score (nSPS) is 10.6. The molecule has 122 valence electrons. The van der Waals surface area contributed by atoms with Crippen LogP contribution >= 0.6 is 0 Å². The maximum atomic E-state index is 12.5.